The van der Waals surface area contributed by atoms with Crippen molar-refractivity contribution in [2.75, 3.05) is 11.5 Å². The van der Waals surface area contributed by atoms with Crippen molar-refractivity contribution in [3.63, 3.8) is 0 Å². The van der Waals surface area contributed by atoms with Crippen molar-refractivity contribution in [1.82, 2.24) is 15.0 Å². The van der Waals surface area contributed by atoms with Crippen molar-refractivity contribution in [2.24, 2.45) is 0 Å². The average Bonchev–Trinajstić information content (AvgIpc) is 2.40. The first-order valence-electron chi connectivity index (χ1n) is 7.24. The highest BCUT2D eigenvalue weighted by molar-refractivity contribution is 7.99. The summed E-state index contributed by atoms with van der Waals surface area (Å²) < 4.78 is 0. The van der Waals surface area contributed by atoms with Gasteiger partial charge in [-0.1, -0.05) is 46.4 Å². The topological polar surface area (TPSA) is 90.7 Å². The molecule has 0 aliphatic heterocycles. The van der Waals surface area contributed by atoms with Gasteiger partial charge in [0.2, 0.25) is 5.95 Å². The van der Waals surface area contributed by atoms with Crippen LogP contribution < -0.4 is 11.5 Å². The molecular formula is C16H23N5S. The number of nitrogens with two attached hydrogens (primary N) is 2. The van der Waals surface area contributed by atoms with Gasteiger partial charge in [0.1, 0.15) is 5.82 Å². The Bertz CT molecular complexity index is 677. The van der Waals surface area contributed by atoms with Crippen molar-refractivity contribution in [3.05, 3.63) is 29.7 Å². The zero-order valence-electron chi connectivity index (χ0n) is 13.7. The van der Waals surface area contributed by atoms with Gasteiger partial charge in [-0.05, 0) is 17.5 Å². The molecule has 0 saturated carbocycles. The maximum absolute atomic E-state index is 5.95. The zero-order valence-corrected chi connectivity index (χ0v) is 14.5. The second-order valence-electron chi connectivity index (χ2n) is 6.59. The van der Waals surface area contributed by atoms with Gasteiger partial charge in [-0.15, -0.1) is 0 Å². The molecule has 0 aliphatic rings. The molecule has 118 valence electrons. The Labute approximate surface area is 136 Å². The molecule has 2 aromatic heterocycles. The third kappa shape index (κ3) is 3.68. The van der Waals surface area contributed by atoms with Crippen LogP contribution in [0.25, 0.3) is 0 Å². The summed E-state index contributed by atoms with van der Waals surface area (Å²) in [7, 11) is 0. The Morgan fingerprint density at radius 3 is 2.27 bits per heavy atom. The Hall–Kier alpha value is -1.82. The first kappa shape index (κ1) is 16.5. The van der Waals surface area contributed by atoms with Crippen LogP contribution in [0, 0.1) is 0 Å². The van der Waals surface area contributed by atoms with E-state index in [9.17, 15) is 0 Å². The summed E-state index contributed by atoms with van der Waals surface area (Å²) in [6, 6.07) is 2.13. The molecule has 0 unspecified atom stereocenters. The number of hydrogen-bond donors (Lipinski definition) is 2. The molecule has 4 N–H and O–H groups in total. The standard InChI is InChI=1S/C16H23N5S/c1-9(2)10-7-19-13(16(3,4)5)6-11(10)22-12-8-20-15(18)21-14(12)17/h6-9H,1-5H3,(H4,17,18,20,21). The minimum Gasteiger partial charge on any atom is -0.383 e. The van der Waals surface area contributed by atoms with Gasteiger partial charge < -0.3 is 11.5 Å². The third-order valence-corrected chi connectivity index (χ3v) is 4.41. The molecule has 6 heteroatoms. The van der Waals surface area contributed by atoms with E-state index in [4.69, 9.17) is 11.5 Å². The highest BCUT2D eigenvalue weighted by atomic mass is 32.2. The molecule has 0 saturated heterocycles. The van der Waals surface area contributed by atoms with E-state index in [1.807, 2.05) is 6.20 Å². The van der Waals surface area contributed by atoms with Crippen LogP contribution >= 0.6 is 11.8 Å². The summed E-state index contributed by atoms with van der Waals surface area (Å²) in [6.45, 7) is 10.8. The second-order valence-corrected chi connectivity index (χ2v) is 7.68. The van der Waals surface area contributed by atoms with Crippen LogP contribution in [0.5, 0.6) is 0 Å². The lowest BCUT2D eigenvalue weighted by atomic mass is 9.91. The summed E-state index contributed by atoms with van der Waals surface area (Å²) in [5, 5.41) is 0. The van der Waals surface area contributed by atoms with Crippen molar-refractivity contribution < 1.29 is 0 Å². The first-order valence-corrected chi connectivity index (χ1v) is 8.06. The average molecular weight is 317 g/mol. The fourth-order valence-corrected chi connectivity index (χ4v) is 3.04. The Morgan fingerprint density at radius 1 is 1.05 bits per heavy atom. The Balaban J connectivity index is 2.47. The Kier molecular flexibility index (Phi) is 4.60. The quantitative estimate of drug-likeness (QED) is 0.898. The van der Waals surface area contributed by atoms with Crippen LogP contribution in [-0.2, 0) is 5.41 Å². The van der Waals surface area contributed by atoms with Gasteiger partial charge in [-0.2, -0.15) is 4.98 Å². The number of rotatable bonds is 3. The van der Waals surface area contributed by atoms with Gasteiger partial charge in [0.15, 0.2) is 0 Å². The molecule has 0 radical (unpaired) electrons. The number of aromatic nitrogens is 3. The smallest absolute Gasteiger partial charge is 0.221 e. The normalized spacial score (nSPS) is 11.9. The van der Waals surface area contributed by atoms with Crippen molar-refractivity contribution in [1.29, 1.82) is 0 Å². The molecule has 0 aromatic carbocycles. The lowest BCUT2D eigenvalue weighted by Gasteiger charge is -2.21. The summed E-state index contributed by atoms with van der Waals surface area (Å²) >= 11 is 1.56. The van der Waals surface area contributed by atoms with Gasteiger partial charge in [-0.3, -0.25) is 4.98 Å². The van der Waals surface area contributed by atoms with Crippen molar-refractivity contribution in [3.8, 4) is 0 Å². The van der Waals surface area contributed by atoms with E-state index in [0.29, 0.717) is 11.7 Å². The van der Waals surface area contributed by atoms with Crippen LogP contribution in [0.3, 0.4) is 0 Å². The fourth-order valence-electron chi connectivity index (χ4n) is 1.97. The third-order valence-electron chi connectivity index (χ3n) is 3.31. The van der Waals surface area contributed by atoms with E-state index in [2.05, 4.69) is 55.6 Å². The molecule has 2 rings (SSSR count). The molecule has 0 atom stereocenters. The molecule has 0 aliphatic carbocycles. The number of nitrogens with zero attached hydrogens (tertiary/aromatic N) is 3. The van der Waals surface area contributed by atoms with E-state index in [1.165, 1.54) is 5.56 Å². The minimum atomic E-state index is -0.00597. The molecule has 5 nitrogen and oxygen atoms in total. The molecule has 22 heavy (non-hydrogen) atoms. The summed E-state index contributed by atoms with van der Waals surface area (Å²) in [6.07, 6.45) is 3.63. The fraction of sp³-hybridized carbons (Fsp3) is 0.438. The highest BCUT2D eigenvalue weighted by Crippen LogP contribution is 2.37. The van der Waals surface area contributed by atoms with Crippen molar-refractivity contribution in [2.45, 2.75) is 55.7 Å². The maximum Gasteiger partial charge on any atom is 0.221 e. The van der Waals surface area contributed by atoms with Crippen LogP contribution in [0.2, 0.25) is 0 Å². The minimum absolute atomic E-state index is 0.00597. The lowest BCUT2D eigenvalue weighted by molar-refractivity contribution is 0.565. The van der Waals surface area contributed by atoms with Gasteiger partial charge in [-0.25, -0.2) is 4.98 Å². The SMILES string of the molecule is CC(C)c1cnc(C(C)(C)C)cc1Sc1cnc(N)nc1N. The first-order chi connectivity index (χ1) is 10.2. The van der Waals surface area contributed by atoms with Crippen LogP contribution in [0.15, 0.2) is 28.3 Å². The van der Waals surface area contributed by atoms with Crippen LogP contribution in [-0.4, -0.2) is 15.0 Å². The van der Waals surface area contributed by atoms with Gasteiger partial charge in [0.25, 0.3) is 0 Å². The van der Waals surface area contributed by atoms with E-state index in [0.717, 1.165) is 15.5 Å². The predicted octanol–water partition coefficient (Wildman–Crippen LogP) is 3.61. The lowest BCUT2D eigenvalue weighted by Crippen LogP contribution is -2.14. The maximum atomic E-state index is 5.95. The molecule has 0 amide bonds. The summed E-state index contributed by atoms with van der Waals surface area (Å²) in [5.41, 5.74) is 13.7. The molecule has 2 aromatic rings. The number of pyridine rings is 1. The predicted molar refractivity (Wildman–Crippen MR) is 92.0 cm³/mol. The summed E-state index contributed by atoms with van der Waals surface area (Å²) in [4.78, 5) is 14.6. The number of nitrogen functional groups attached to an aromatic ring is 2. The van der Waals surface area contributed by atoms with E-state index >= 15 is 0 Å². The summed E-state index contributed by atoms with van der Waals surface area (Å²) in [5.74, 6) is 0.970. The zero-order chi connectivity index (χ0) is 16.5. The molecule has 0 fully saturated rings. The molecule has 0 bridgehead atoms. The van der Waals surface area contributed by atoms with E-state index < -0.39 is 0 Å². The second kappa shape index (κ2) is 6.12. The van der Waals surface area contributed by atoms with Gasteiger partial charge in [0.05, 0.1) is 4.90 Å². The monoisotopic (exact) mass is 317 g/mol. The highest BCUT2D eigenvalue weighted by Gasteiger charge is 2.19. The van der Waals surface area contributed by atoms with Crippen LogP contribution in [0.4, 0.5) is 11.8 Å². The number of hydrogen-bond acceptors (Lipinski definition) is 6. The van der Waals surface area contributed by atoms with E-state index in [-0.39, 0.29) is 11.4 Å². The molecule has 0 spiro atoms. The van der Waals surface area contributed by atoms with E-state index in [1.54, 1.807) is 18.0 Å². The van der Waals surface area contributed by atoms with Crippen LogP contribution in [0.1, 0.15) is 51.8 Å². The molecule has 2 heterocycles. The van der Waals surface area contributed by atoms with Gasteiger partial charge in [0, 0.05) is 28.4 Å². The largest absolute Gasteiger partial charge is 0.383 e. The van der Waals surface area contributed by atoms with Crippen molar-refractivity contribution >= 4 is 23.5 Å². The number of anilines is 2. The van der Waals surface area contributed by atoms with Gasteiger partial charge >= 0.3 is 0 Å². The molecular weight excluding hydrogens is 294 g/mol. The Morgan fingerprint density at radius 2 is 1.73 bits per heavy atom.